The molecule has 1 heterocycles. The lowest BCUT2D eigenvalue weighted by Crippen LogP contribution is -2.33. The summed E-state index contributed by atoms with van der Waals surface area (Å²) in [4.78, 5) is 16.2. The van der Waals surface area contributed by atoms with Crippen molar-refractivity contribution in [2.45, 2.75) is 32.4 Å². The quantitative estimate of drug-likeness (QED) is 0.862. The molecule has 2 atom stereocenters. The smallest absolute Gasteiger partial charge is 0.223 e. The molecule has 0 spiro atoms. The van der Waals surface area contributed by atoms with Gasteiger partial charge in [-0.1, -0.05) is 44.2 Å². The van der Waals surface area contributed by atoms with E-state index >= 15 is 0 Å². The maximum atomic E-state index is 12.2. The standard InChI is InChI=1S/C18H22N2O2/c1-13(2)16(21)12-17(22)20-18(14-6-4-3-5-7-14)15-8-10-19-11-9-15/h3-11,13,16,18,21H,12H2,1-2H3,(H,20,22). The molecule has 2 aromatic rings. The van der Waals surface area contributed by atoms with Crippen molar-refractivity contribution in [1.82, 2.24) is 10.3 Å². The molecule has 1 aromatic heterocycles. The van der Waals surface area contributed by atoms with Crippen LogP contribution in [-0.4, -0.2) is 22.1 Å². The van der Waals surface area contributed by atoms with Gasteiger partial charge in [0.25, 0.3) is 0 Å². The number of nitrogens with one attached hydrogen (secondary N) is 1. The van der Waals surface area contributed by atoms with Crippen molar-refractivity contribution < 1.29 is 9.90 Å². The summed E-state index contributed by atoms with van der Waals surface area (Å²) in [5.41, 5.74) is 1.97. The SMILES string of the molecule is CC(C)C(O)CC(=O)NC(c1ccccc1)c1ccncc1. The molecular weight excluding hydrogens is 276 g/mol. The summed E-state index contributed by atoms with van der Waals surface area (Å²) in [6.45, 7) is 3.80. The zero-order valence-corrected chi connectivity index (χ0v) is 12.9. The molecule has 0 saturated heterocycles. The maximum absolute atomic E-state index is 12.2. The topological polar surface area (TPSA) is 62.2 Å². The van der Waals surface area contributed by atoms with Gasteiger partial charge in [-0.25, -0.2) is 0 Å². The monoisotopic (exact) mass is 298 g/mol. The second-order valence-electron chi connectivity index (χ2n) is 5.71. The summed E-state index contributed by atoms with van der Waals surface area (Å²) in [5, 5.41) is 12.9. The number of aliphatic hydroxyl groups excluding tert-OH is 1. The Bertz CT molecular complexity index is 545. The first-order valence-corrected chi connectivity index (χ1v) is 7.50. The van der Waals surface area contributed by atoms with E-state index in [1.54, 1.807) is 12.4 Å². The Morgan fingerprint density at radius 3 is 2.27 bits per heavy atom. The molecule has 1 amide bonds. The highest BCUT2D eigenvalue weighted by molar-refractivity contribution is 5.77. The van der Waals surface area contributed by atoms with Crippen LogP contribution in [0, 0.1) is 5.92 Å². The lowest BCUT2D eigenvalue weighted by molar-refractivity contribution is -0.124. The summed E-state index contributed by atoms with van der Waals surface area (Å²) in [5.74, 6) is -0.103. The Hall–Kier alpha value is -2.20. The van der Waals surface area contributed by atoms with Crippen LogP contribution in [0.3, 0.4) is 0 Å². The Kier molecular flexibility index (Phi) is 5.67. The zero-order chi connectivity index (χ0) is 15.9. The minimum atomic E-state index is -0.631. The van der Waals surface area contributed by atoms with Gasteiger partial charge < -0.3 is 10.4 Å². The predicted molar refractivity (Wildman–Crippen MR) is 86.1 cm³/mol. The molecule has 4 heteroatoms. The number of aliphatic hydroxyl groups is 1. The maximum Gasteiger partial charge on any atom is 0.223 e. The molecule has 0 bridgehead atoms. The van der Waals surface area contributed by atoms with Gasteiger partial charge in [-0.2, -0.15) is 0 Å². The molecule has 116 valence electrons. The fraction of sp³-hybridized carbons (Fsp3) is 0.333. The van der Waals surface area contributed by atoms with Crippen LogP contribution in [0.25, 0.3) is 0 Å². The van der Waals surface area contributed by atoms with Crippen molar-refractivity contribution in [1.29, 1.82) is 0 Å². The van der Waals surface area contributed by atoms with Crippen molar-refractivity contribution in [3.05, 3.63) is 66.0 Å². The van der Waals surface area contributed by atoms with Gasteiger partial charge in [0.2, 0.25) is 5.91 Å². The fourth-order valence-electron chi connectivity index (χ4n) is 2.21. The van der Waals surface area contributed by atoms with E-state index in [2.05, 4.69) is 10.3 Å². The number of carbonyl (C=O) groups excluding carboxylic acids is 1. The Morgan fingerprint density at radius 1 is 1.09 bits per heavy atom. The summed E-state index contributed by atoms with van der Waals surface area (Å²) in [6.07, 6.45) is 2.89. The molecule has 0 radical (unpaired) electrons. The van der Waals surface area contributed by atoms with Crippen LogP contribution >= 0.6 is 0 Å². The number of nitrogens with zero attached hydrogens (tertiary/aromatic N) is 1. The van der Waals surface area contributed by atoms with E-state index in [1.165, 1.54) is 0 Å². The third-order valence-electron chi connectivity index (χ3n) is 3.64. The van der Waals surface area contributed by atoms with Crippen molar-refractivity contribution in [2.24, 2.45) is 5.92 Å². The summed E-state index contributed by atoms with van der Waals surface area (Å²) in [7, 11) is 0. The van der Waals surface area contributed by atoms with Crippen LogP contribution in [0.15, 0.2) is 54.9 Å². The minimum absolute atomic E-state index is 0.0573. The van der Waals surface area contributed by atoms with Crippen molar-refractivity contribution >= 4 is 5.91 Å². The highest BCUT2D eigenvalue weighted by Crippen LogP contribution is 2.21. The molecule has 0 saturated carbocycles. The van der Waals surface area contributed by atoms with Crippen LogP contribution in [-0.2, 0) is 4.79 Å². The number of aromatic nitrogens is 1. The van der Waals surface area contributed by atoms with Crippen LogP contribution in [0.1, 0.15) is 37.4 Å². The van der Waals surface area contributed by atoms with E-state index < -0.39 is 6.10 Å². The zero-order valence-electron chi connectivity index (χ0n) is 12.9. The second kappa shape index (κ2) is 7.71. The first-order chi connectivity index (χ1) is 10.6. The number of hydrogen-bond acceptors (Lipinski definition) is 3. The van der Waals surface area contributed by atoms with Crippen molar-refractivity contribution in [3.8, 4) is 0 Å². The van der Waals surface area contributed by atoms with E-state index in [-0.39, 0.29) is 24.3 Å². The molecule has 0 aliphatic rings. The third kappa shape index (κ3) is 4.40. The average Bonchev–Trinajstić information content (AvgIpc) is 2.54. The molecule has 0 aliphatic heterocycles. The summed E-state index contributed by atoms with van der Waals surface area (Å²) >= 11 is 0. The Morgan fingerprint density at radius 2 is 1.68 bits per heavy atom. The van der Waals surface area contributed by atoms with Gasteiger partial charge >= 0.3 is 0 Å². The Balaban J connectivity index is 2.18. The summed E-state index contributed by atoms with van der Waals surface area (Å²) < 4.78 is 0. The normalized spacial score (nSPS) is 13.6. The van der Waals surface area contributed by atoms with Gasteiger partial charge in [0.1, 0.15) is 0 Å². The number of rotatable bonds is 6. The summed E-state index contributed by atoms with van der Waals surface area (Å²) in [6, 6.07) is 13.3. The first-order valence-electron chi connectivity index (χ1n) is 7.50. The van der Waals surface area contributed by atoms with Gasteiger partial charge in [0.15, 0.2) is 0 Å². The first kappa shape index (κ1) is 16.2. The van der Waals surface area contributed by atoms with Gasteiger partial charge in [-0.15, -0.1) is 0 Å². The lowest BCUT2D eigenvalue weighted by Gasteiger charge is -2.21. The molecular formula is C18H22N2O2. The van der Waals surface area contributed by atoms with Crippen LogP contribution in [0.2, 0.25) is 0 Å². The van der Waals surface area contributed by atoms with E-state index in [4.69, 9.17) is 0 Å². The second-order valence-corrected chi connectivity index (χ2v) is 5.71. The fourth-order valence-corrected chi connectivity index (χ4v) is 2.21. The van der Waals surface area contributed by atoms with Gasteiger partial charge in [0, 0.05) is 12.4 Å². The minimum Gasteiger partial charge on any atom is -0.392 e. The number of amides is 1. The number of hydrogen-bond donors (Lipinski definition) is 2. The Labute approximate surface area is 131 Å². The molecule has 1 aromatic carbocycles. The van der Waals surface area contributed by atoms with Crippen molar-refractivity contribution in [2.75, 3.05) is 0 Å². The third-order valence-corrected chi connectivity index (χ3v) is 3.64. The molecule has 2 N–H and O–H groups in total. The highest BCUT2D eigenvalue weighted by Gasteiger charge is 2.20. The molecule has 0 fully saturated rings. The van der Waals surface area contributed by atoms with Crippen molar-refractivity contribution in [3.63, 3.8) is 0 Å². The van der Waals surface area contributed by atoms with E-state index in [0.717, 1.165) is 11.1 Å². The molecule has 22 heavy (non-hydrogen) atoms. The van der Waals surface area contributed by atoms with Gasteiger partial charge in [-0.3, -0.25) is 9.78 Å². The molecule has 0 aliphatic carbocycles. The van der Waals surface area contributed by atoms with Crippen LogP contribution in [0.5, 0.6) is 0 Å². The molecule has 2 rings (SSSR count). The predicted octanol–water partition coefficient (Wildman–Crippen LogP) is 2.69. The highest BCUT2D eigenvalue weighted by atomic mass is 16.3. The van der Waals surface area contributed by atoms with E-state index in [0.29, 0.717) is 0 Å². The number of benzene rings is 1. The van der Waals surface area contributed by atoms with Gasteiger partial charge in [0.05, 0.1) is 18.6 Å². The van der Waals surface area contributed by atoms with E-state index in [9.17, 15) is 9.90 Å². The average molecular weight is 298 g/mol. The number of carbonyl (C=O) groups is 1. The van der Waals surface area contributed by atoms with Crippen LogP contribution < -0.4 is 5.32 Å². The number of pyridine rings is 1. The molecule has 4 nitrogen and oxygen atoms in total. The van der Waals surface area contributed by atoms with Crippen LogP contribution in [0.4, 0.5) is 0 Å². The van der Waals surface area contributed by atoms with Gasteiger partial charge in [-0.05, 0) is 29.2 Å². The lowest BCUT2D eigenvalue weighted by atomic mass is 9.98. The van der Waals surface area contributed by atoms with E-state index in [1.807, 2.05) is 56.3 Å². The molecule has 2 unspecified atom stereocenters. The largest absolute Gasteiger partial charge is 0.392 e.